The van der Waals surface area contributed by atoms with Crippen LogP contribution in [0.3, 0.4) is 0 Å². The number of hydrogen-bond acceptors (Lipinski definition) is 5. The molecule has 1 unspecified atom stereocenters. The number of rotatable bonds is 4. The van der Waals surface area contributed by atoms with Crippen molar-refractivity contribution in [2.75, 3.05) is 5.32 Å². The molecule has 2 amide bonds. The molecule has 132 valence electrons. The first kappa shape index (κ1) is 17.6. The third-order valence-corrected chi connectivity index (χ3v) is 5.26. The molecule has 0 radical (unpaired) electrons. The van der Waals surface area contributed by atoms with Crippen molar-refractivity contribution in [3.63, 3.8) is 0 Å². The van der Waals surface area contributed by atoms with Crippen LogP contribution in [0.2, 0.25) is 0 Å². The molecule has 1 heterocycles. The summed E-state index contributed by atoms with van der Waals surface area (Å²) in [5.74, 6) is -2.50. The van der Waals surface area contributed by atoms with Crippen molar-refractivity contribution in [3.05, 3.63) is 65.2 Å². The number of nitriles is 1. The van der Waals surface area contributed by atoms with Gasteiger partial charge in [0.05, 0.1) is 23.3 Å². The molecule has 0 saturated heterocycles. The summed E-state index contributed by atoms with van der Waals surface area (Å²) in [5.41, 5.74) is 1.60. The van der Waals surface area contributed by atoms with Crippen LogP contribution in [0.5, 0.6) is 0 Å². The van der Waals surface area contributed by atoms with Gasteiger partial charge in [-0.3, -0.25) is 14.3 Å². The van der Waals surface area contributed by atoms with Gasteiger partial charge in [0.25, 0.3) is 0 Å². The Hall–Kier alpha value is -3.18. The Morgan fingerprint density at radius 1 is 1.19 bits per heavy atom. The minimum Gasteiger partial charge on any atom is -0.326 e. The zero-order chi connectivity index (χ0) is 18.7. The fraction of sp³-hybridized carbons (Fsp3) is 0.167. The topological polar surface area (TPSA) is 116 Å². The molecule has 0 spiro atoms. The number of carbonyl (C=O) groups excluding carboxylic acids is 2. The highest BCUT2D eigenvalue weighted by Crippen LogP contribution is 2.32. The predicted molar refractivity (Wildman–Crippen MR) is 94.4 cm³/mol. The summed E-state index contributed by atoms with van der Waals surface area (Å²) in [6, 6.07) is 15.0. The molecule has 0 fully saturated rings. The Balaban J connectivity index is 1.81. The summed E-state index contributed by atoms with van der Waals surface area (Å²) in [6.07, 6.45) is -0.132. The monoisotopic (exact) mass is 369 g/mol. The number of sulfonamides is 1. The fourth-order valence-electron chi connectivity index (χ4n) is 2.87. The Bertz CT molecular complexity index is 1020. The summed E-state index contributed by atoms with van der Waals surface area (Å²) >= 11 is 0. The minimum atomic E-state index is -4.02. The van der Waals surface area contributed by atoms with E-state index in [0.29, 0.717) is 16.8 Å². The number of amides is 2. The lowest BCUT2D eigenvalue weighted by Crippen LogP contribution is -2.38. The van der Waals surface area contributed by atoms with E-state index in [4.69, 9.17) is 5.26 Å². The molecule has 26 heavy (non-hydrogen) atoms. The van der Waals surface area contributed by atoms with Crippen LogP contribution < -0.4 is 10.0 Å². The van der Waals surface area contributed by atoms with Crippen LogP contribution in [0.4, 0.5) is 5.69 Å². The Morgan fingerprint density at radius 3 is 2.65 bits per heavy atom. The molecular weight excluding hydrogens is 354 g/mol. The summed E-state index contributed by atoms with van der Waals surface area (Å²) in [7, 11) is -4.02. The van der Waals surface area contributed by atoms with Crippen LogP contribution in [-0.4, -0.2) is 20.2 Å². The maximum atomic E-state index is 12.5. The van der Waals surface area contributed by atoms with Gasteiger partial charge in [-0.05, 0) is 23.3 Å². The first-order valence-corrected chi connectivity index (χ1v) is 9.46. The maximum absolute atomic E-state index is 12.5. The van der Waals surface area contributed by atoms with Crippen molar-refractivity contribution in [2.24, 2.45) is 0 Å². The largest absolute Gasteiger partial charge is 0.326 e. The van der Waals surface area contributed by atoms with Crippen molar-refractivity contribution in [1.82, 2.24) is 4.72 Å². The minimum absolute atomic E-state index is 0.132. The van der Waals surface area contributed by atoms with E-state index in [1.807, 2.05) is 10.8 Å². The van der Waals surface area contributed by atoms with E-state index < -0.39 is 27.6 Å². The molecule has 2 aromatic rings. The third kappa shape index (κ3) is 3.73. The number of hydrogen-bond donors (Lipinski definition) is 2. The van der Waals surface area contributed by atoms with E-state index in [9.17, 15) is 18.0 Å². The van der Waals surface area contributed by atoms with Crippen LogP contribution in [0, 0.1) is 11.3 Å². The molecule has 0 saturated carbocycles. The average Bonchev–Trinajstić information content (AvgIpc) is 2.60. The molecule has 1 atom stereocenters. The highest BCUT2D eigenvalue weighted by Gasteiger charge is 2.32. The first-order chi connectivity index (χ1) is 12.4. The Morgan fingerprint density at radius 2 is 1.88 bits per heavy atom. The second-order valence-corrected chi connectivity index (χ2v) is 7.61. The molecule has 7 nitrogen and oxygen atoms in total. The molecular formula is C18H15N3O4S. The maximum Gasteiger partial charge on any atom is 0.241 e. The van der Waals surface area contributed by atoms with Crippen molar-refractivity contribution < 1.29 is 18.0 Å². The van der Waals surface area contributed by atoms with Crippen molar-refractivity contribution >= 4 is 27.5 Å². The first-order valence-electron chi connectivity index (χ1n) is 7.81. The summed E-state index contributed by atoms with van der Waals surface area (Å²) in [4.78, 5) is 24.3. The number of nitrogens with zero attached hydrogens (tertiary/aromatic N) is 1. The molecule has 2 aromatic carbocycles. The van der Waals surface area contributed by atoms with Gasteiger partial charge in [0.1, 0.15) is 0 Å². The number of anilines is 1. The zero-order valence-corrected chi connectivity index (χ0v) is 14.4. The quantitative estimate of drug-likeness (QED) is 0.850. The molecule has 3 rings (SSSR count). The summed E-state index contributed by atoms with van der Waals surface area (Å²) in [5, 5.41) is 11.7. The van der Waals surface area contributed by atoms with Crippen molar-refractivity contribution in [1.29, 1.82) is 5.26 Å². The lowest BCUT2D eigenvalue weighted by Gasteiger charge is -2.24. The van der Waals surface area contributed by atoms with Crippen LogP contribution in [0.25, 0.3) is 0 Å². The zero-order valence-electron chi connectivity index (χ0n) is 13.6. The predicted octanol–water partition coefficient (Wildman–Crippen LogP) is 1.63. The lowest BCUT2D eigenvalue weighted by atomic mass is 9.90. The molecule has 0 bridgehead atoms. The highest BCUT2D eigenvalue weighted by atomic mass is 32.2. The highest BCUT2D eigenvalue weighted by molar-refractivity contribution is 7.89. The normalized spacial score (nSPS) is 16.1. The third-order valence-electron chi connectivity index (χ3n) is 4.06. The van der Waals surface area contributed by atoms with Gasteiger partial charge in [0.2, 0.25) is 21.8 Å². The van der Waals surface area contributed by atoms with E-state index in [-0.39, 0.29) is 17.9 Å². The van der Waals surface area contributed by atoms with E-state index >= 15 is 0 Å². The molecule has 1 aliphatic heterocycles. The van der Waals surface area contributed by atoms with E-state index in [2.05, 4.69) is 5.32 Å². The standard InChI is InChI=1S/C18H15N3O4S/c19-10-12-5-1-2-6-13(12)11-26(24,25)21-18(23)15-9-17(22)20-16-8-4-3-7-14(15)16/h1-8,15H,9,11H2,(H,20,22)(H,21,23). The molecule has 0 aliphatic carbocycles. The van der Waals surface area contributed by atoms with Gasteiger partial charge >= 0.3 is 0 Å². The smallest absolute Gasteiger partial charge is 0.241 e. The van der Waals surface area contributed by atoms with Gasteiger partial charge in [-0.15, -0.1) is 0 Å². The van der Waals surface area contributed by atoms with E-state index in [1.54, 1.807) is 36.4 Å². The van der Waals surface area contributed by atoms with Crippen LogP contribution in [-0.2, 0) is 25.4 Å². The Kier molecular flexibility index (Phi) is 4.73. The molecule has 2 N–H and O–H groups in total. The second-order valence-electron chi connectivity index (χ2n) is 5.89. The number of benzene rings is 2. The SMILES string of the molecule is N#Cc1ccccc1CS(=O)(=O)NC(=O)C1CC(=O)Nc2ccccc21. The van der Waals surface area contributed by atoms with Gasteiger partial charge < -0.3 is 5.32 Å². The average molecular weight is 369 g/mol. The number of para-hydroxylation sites is 1. The fourth-order valence-corrected chi connectivity index (χ4v) is 4.05. The number of fused-ring (bicyclic) bond motifs is 1. The van der Waals surface area contributed by atoms with Crippen LogP contribution >= 0.6 is 0 Å². The second kappa shape index (κ2) is 6.98. The van der Waals surface area contributed by atoms with Crippen LogP contribution in [0.1, 0.15) is 29.0 Å². The van der Waals surface area contributed by atoms with Crippen molar-refractivity contribution in [2.45, 2.75) is 18.1 Å². The van der Waals surface area contributed by atoms with Gasteiger partial charge in [0, 0.05) is 12.1 Å². The molecule has 8 heteroatoms. The number of nitrogens with one attached hydrogen (secondary N) is 2. The summed E-state index contributed by atoms with van der Waals surface area (Å²) < 4.78 is 26.8. The van der Waals surface area contributed by atoms with Gasteiger partial charge in [-0.2, -0.15) is 5.26 Å². The van der Waals surface area contributed by atoms with Gasteiger partial charge in [0.15, 0.2) is 0 Å². The Labute approximate surface area is 150 Å². The van der Waals surface area contributed by atoms with E-state index in [1.165, 1.54) is 12.1 Å². The van der Waals surface area contributed by atoms with Gasteiger partial charge in [-0.1, -0.05) is 36.4 Å². The molecule has 1 aliphatic rings. The van der Waals surface area contributed by atoms with Crippen LogP contribution in [0.15, 0.2) is 48.5 Å². The number of carbonyl (C=O) groups is 2. The van der Waals surface area contributed by atoms with Crippen molar-refractivity contribution in [3.8, 4) is 6.07 Å². The molecule has 0 aromatic heterocycles. The van der Waals surface area contributed by atoms with E-state index in [0.717, 1.165) is 0 Å². The summed E-state index contributed by atoms with van der Waals surface area (Å²) in [6.45, 7) is 0. The van der Waals surface area contributed by atoms with Gasteiger partial charge in [-0.25, -0.2) is 8.42 Å². The lowest BCUT2D eigenvalue weighted by molar-refractivity contribution is -0.125.